The SMILES string of the molecule is CC(=O)N1CCC(C(=O)Nc2ccc(N3CCCC3)nc2)CC1. The van der Waals surface area contributed by atoms with Gasteiger partial charge in [-0.1, -0.05) is 0 Å². The van der Waals surface area contributed by atoms with Crippen LogP contribution in [-0.4, -0.2) is 47.9 Å². The average molecular weight is 316 g/mol. The Balaban J connectivity index is 1.52. The third-order valence-corrected chi connectivity index (χ3v) is 4.76. The van der Waals surface area contributed by atoms with Crippen LogP contribution in [-0.2, 0) is 9.59 Å². The molecule has 1 N–H and O–H groups in total. The van der Waals surface area contributed by atoms with Crippen LogP contribution in [0.25, 0.3) is 0 Å². The maximum atomic E-state index is 12.3. The van der Waals surface area contributed by atoms with Crippen LogP contribution in [0.5, 0.6) is 0 Å². The van der Waals surface area contributed by atoms with Crippen molar-refractivity contribution in [1.29, 1.82) is 0 Å². The van der Waals surface area contributed by atoms with E-state index in [2.05, 4.69) is 15.2 Å². The first-order chi connectivity index (χ1) is 11.1. The number of carbonyl (C=O) groups is 2. The number of hydrogen-bond acceptors (Lipinski definition) is 4. The van der Waals surface area contributed by atoms with Crippen molar-refractivity contribution < 1.29 is 9.59 Å². The summed E-state index contributed by atoms with van der Waals surface area (Å²) in [6.45, 7) is 5.04. The number of amides is 2. The molecule has 0 saturated carbocycles. The van der Waals surface area contributed by atoms with Crippen LogP contribution in [0.3, 0.4) is 0 Å². The number of pyridine rings is 1. The predicted molar refractivity (Wildman–Crippen MR) is 89.3 cm³/mol. The van der Waals surface area contributed by atoms with E-state index in [1.54, 1.807) is 18.0 Å². The minimum absolute atomic E-state index is 0.0242. The number of nitrogens with zero attached hydrogens (tertiary/aromatic N) is 3. The number of anilines is 2. The molecule has 3 heterocycles. The van der Waals surface area contributed by atoms with Gasteiger partial charge in [-0.3, -0.25) is 9.59 Å². The number of carbonyl (C=O) groups excluding carboxylic acids is 2. The van der Waals surface area contributed by atoms with Crippen LogP contribution in [0, 0.1) is 5.92 Å². The predicted octanol–water partition coefficient (Wildman–Crippen LogP) is 1.88. The Morgan fingerprint density at radius 1 is 1.13 bits per heavy atom. The molecular weight excluding hydrogens is 292 g/mol. The lowest BCUT2D eigenvalue weighted by Crippen LogP contribution is -2.40. The zero-order valence-corrected chi connectivity index (χ0v) is 13.6. The third kappa shape index (κ3) is 3.81. The number of likely N-dealkylation sites (tertiary alicyclic amines) is 1. The summed E-state index contributed by atoms with van der Waals surface area (Å²) in [7, 11) is 0. The average Bonchev–Trinajstić information content (AvgIpc) is 3.10. The van der Waals surface area contributed by atoms with E-state index in [-0.39, 0.29) is 17.7 Å². The van der Waals surface area contributed by atoms with Gasteiger partial charge in [-0.15, -0.1) is 0 Å². The van der Waals surface area contributed by atoms with Crippen molar-refractivity contribution in [2.75, 3.05) is 36.4 Å². The lowest BCUT2D eigenvalue weighted by molar-refractivity contribution is -0.132. The first-order valence-corrected chi connectivity index (χ1v) is 8.41. The summed E-state index contributed by atoms with van der Waals surface area (Å²) in [6.07, 6.45) is 5.63. The molecule has 2 aliphatic rings. The van der Waals surface area contributed by atoms with Crippen molar-refractivity contribution >= 4 is 23.3 Å². The molecule has 0 bridgehead atoms. The number of piperidine rings is 1. The zero-order chi connectivity index (χ0) is 16.2. The van der Waals surface area contributed by atoms with Crippen LogP contribution in [0.4, 0.5) is 11.5 Å². The van der Waals surface area contributed by atoms with E-state index in [0.717, 1.165) is 37.4 Å². The van der Waals surface area contributed by atoms with Crippen LogP contribution in [0.1, 0.15) is 32.6 Å². The van der Waals surface area contributed by atoms with Crippen molar-refractivity contribution in [3.8, 4) is 0 Å². The van der Waals surface area contributed by atoms with Crippen molar-refractivity contribution in [2.24, 2.45) is 5.92 Å². The van der Waals surface area contributed by atoms with Crippen LogP contribution < -0.4 is 10.2 Å². The quantitative estimate of drug-likeness (QED) is 0.924. The summed E-state index contributed by atoms with van der Waals surface area (Å²) in [4.78, 5) is 32.2. The summed E-state index contributed by atoms with van der Waals surface area (Å²) < 4.78 is 0. The van der Waals surface area contributed by atoms with Gasteiger partial charge >= 0.3 is 0 Å². The van der Waals surface area contributed by atoms with E-state index in [1.807, 2.05) is 12.1 Å². The van der Waals surface area contributed by atoms with Crippen molar-refractivity contribution in [3.63, 3.8) is 0 Å². The lowest BCUT2D eigenvalue weighted by Gasteiger charge is -2.30. The Bertz CT molecular complexity index is 558. The van der Waals surface area contributed by atoms with E-state index in [9.17, 15) is 9.59 Å². The maximum absolute atomic E-state index is 12.3. The molecule has 1 aromatic rings. The Morgan fingerprint density at radius 2 is 1.83 bits per heavy atom. The molecule has 3 rings (SSSR count). The summed E-state index contributed by atoms with van der Waals surface area (Å²) >= 11 is 0. The van der Waals surface area contributed by atoms with Gasteiger partial charge in [0.2, 0.25) is 11.8 Å². The van der Waals surface area contributed by atoms with Crippen LogP contribution >= 0.6 is 0 Å². The Labute approximate surface area is 136 Å². The van der Waals surface area contributed by atoms with Gasteiger partial charge < -0.3 is 15.1 Å². The number of aromatic nitrogens is 1. The standard InChI is InChI=1S/C17H24N4O2/c1-13(22)20-10-6-14(7-11-20)17(23)19-15-4-5-16(18-12-15)21-8-2-3-9-21/h4-5,12,14H,2-3,6-11H2,1H3,(H,19,23). The molecule has 0 spiro atoms. The largest absolute Gasteiger partial charge is 0.357 e. The zero-order valence-electron chi connectivity index (χ0n) is 13.6. The second-order valence-corrected chi connectivity index (χ2v) is 6.37. The second-order valence-electron chi connectivity index (χ2n) is 6.37. The summed E-state index contributed by atoms with van der Waals surface area (Å²) in [5.74, 6) is 1.08. The molecule has 0 unspecified atom stereocenters. The summed E-state index contributed by atoms with van der Waals surface area (Å²) in [6, 6.07) is 3.89. The topological polar surface area (TPSA) is 65.5 Å². The Morgan fingerprint density at radius 3 is 2.39 bits per heavy atom. The fraction of sp³-hybridized carbons (Fsp3) is 0.588. The molecule has 0 aliphatic carbocycles. The highest BCUT2D eigenvalue weighted by molar-refractivity contribution is 5.92. The van der Waals surface area contributed by atoms with E-state index in [4.69, 9.17) is 0 Å². The minimum Gasteiger partial charge on any atom is -0.357 e. The summed E-state index contributed by atoms with van der Waals surface area (Å²) in [5.41, 5.74) is 0.743. The highest BCUT2D eigenvalue weighted by atomic mass is 16.2. The smallest absolute Gasteiger partial charge is 0.227 e. The van der Waals surface area contributed by atoms with Gasteiger partial charge in [0.1, 0.15) is 5.82 Å². The van der Waals surface area contributed by atoms with Gasteiger partial charge in [0.25, 0.3) is 0 Å². The molecule has 23 heavy (non-hydrogen) atoms. The van der Waals surface area contributed by atoms with E-state index >= 15 is 0 Å². The fourth-order valence-corrected chi connectivity index (χ4v) is 3.29. The van der Waals surface area contributed by atoms with Crippen molar-refractivity contribution in [2.45, 2.75) is 32.6 Å². The minimum atomic E-state index is -0.0242. The molecule has 2 aliphatic heterocycles. The normalized spacial score (nSPS) is 19.0. The number of hydrogen-bond donors (Lipinski definition) is 1. The van der Waals surface area contributed by atoms with Crippen LogP contribution in [0.2, 0.25) is 0 Å². The van der Waals surface area contributed by atoms with E-state index in [1.165, 1.54) is 12.8 Å². The van der Waals surface area contributed by atoms with Crippen molar-refractivity contribution in [3.05, 3.63) is 18.3 Å². The van der Waals surface area contributed by atoms with E-state index < -0.39 is 0 Å². The Hall–Kier alpha value is -2.11. The number of rotatable bonds is 3. The molecule has 2 fully saturated rings. The Kier molecular flexibility index (Phi) is 4.79. The molecule has 0 atom stereocenters. The highest BCUT2D eigenvalue weighted by Crippen LogP contribution is 2.21. The van der Waals surface area contributed by atoms with Crippen LogP contribution in [0.15, 0.2) is 18.3 Å². The molecule has 6 nitrogen and oxygen atoms in total. The first kappa shape index (κ1) is 15.8. The molecule has 6 heteroatoms. The van der Waals surface area contributed by atoms with Gasteiger partial charge in [0.05, 0.1) is 11.9 Å². The number of nitrogens with one attached hydrogen (secondary N) is 1. The first-order valence-electron chi connectivity index (χ1n) is 8.41. The fourth-order valence-electron chi connectivity index (χ4n) is 3.29. The molecule has 2 amide bonds. The highest BCUT2D eigenvalue weighted by Gasteiger charge is 2.26. The summed E-state index contributed by atoms with van der Waals surface area (Å²) in [5, 5.41) is 2.95. The maximum Gasteiger partial charge on any atom is 0.227 e. The second kappa shape index (κ2) is 6.98. The van der Waals surface area contributed by atoms with Gasteiger partial charge in [0, 0.05) is 39.0 Å². The van der Waals surface area contributed by atoms with Gasteiger partial charge in [-0.2, -0.15) is 0 Å². The van der Waals surface area contributed by atoms with Gasteiger partial charge in [-0.25, -0.2) is 4.98 Å². The van der Waals surface area contributed by atoms with Gasteiger partial charge in [-0.05, 0) is 37.8 Å². The molecular formula is C17H24N4O2. The molecule has 2 saturated heterocycles. The lowest BCUT2D eigenvalue weighted by atomic mass is 9.96. The van der Waals surface area contributed by atoms with Gasteiger partial charge in [0.15, 0.2) is 0 Å². The molecule has 0 aromatic carbocycles. The monoisotopic (exact) mass is 316 g/mol. The molecule has 1 aromatic heterocycles. The van der Waals surface area contributed by atoms with E-state index in [0.29, 0.717) is 13.1 Å². The third-order valence-electron chi connectivity index (χ3n) is 4.76. The molecule has 124 valence electrons. The van der Waals surface area contributed by atoms with Crippen molar-refractivity contribution in [1.82, 2.24) is 9.88 Å². The molecule has 0 radical (unpaired) electrons.